The van der Waals surface area contributed by atoms with Crippen molar-refractivity contribution in [3.05, 3.63) is 45.9 Å². The molecule has 0 spiro atoms. The summed E-state index contributed by atoms with van der Waals surface area (Å²) in [5.74, 6) is -2.64. The summed E-state index contributed by atoms with van der Waals surface area (Å²) in [6.45, 7) is 1.76. The fourth-order valence-electron chi connectivity index (χ4n) is 2.14. The van der Waals surface area contributed by atoms with Crippen LogP contribution in [0.4, 0.5) is 13.2 Å². The summed E-state index contributed by atoms with van der Waals surface area (Å²) >= 11 is 1.11. The van der Waals surface area contributed by atoms with Crippen LogP contribution in [0.25, 0.3) is 11.1 Å². The molecule has 0 bridgehead atoms. The van der Waals surface area contributed by atoms with Crippen molar-refractivity contribution in [2.45, 2.75) is 25.8 Å². The first-order chi connectivity index (χ1) is 11.3. The van der Waals surface area contributed by atoms with Crippen LogP contribution in [-0.2, 0) is 4.79 Å². The second-order valence-corrected chi connectivity index (χ2v) is 6.33. The van der Waals surface area contributed by atoms with E-state index in [1.807, 2.05) is 0 Å². The van der Waals surface area contributed by atoms with E-state index in [1.165, 1.54) is 18.2 Å². The van der Waals surface area contributed by atoms with Gasteiger partial charge < -0.3 is 10.4 Å². The lowest BCUT2D eigenvalue weighted by atomic mass is 10.1. The van der Waals surface area contributed by atoms with Gasteiger partial charge in [0.1, 0.15) is 11.9 Å². The summed E-state index contributed by atoms with van der Waals surface area (Å²) in [5.41, 5.74) is 1.40. The van der Waals surface area contributed by atoms with Gasteiger partial charge in [0.2, 0.25) is 6.43 Å². The molecule has 0 radical (unpaired) electrons. The molecule has 1 aromatic heterocycles. The van der Waals surface area contributed by atoms with E-state index in [9.17, 15) is 22.8 Å². The number of benzene rings is 1. The Morgan fingerprint density at radius 1 is 1.25 bits per heavy atom. The number of rotatable bonds is 6. The van der Waals surface area contributed by atoms with Crippen molar-refractivity contribution in [1.29, 1.82) is 0 Å². The van der Waals surface area contributed by atoms with E-state index in [-0.39, 0.29) is 10.7 Å². The normalized spacial score (nSPS) is 12.2. The topological polar surface area (TPSA) is 66.4 Å². The molecule has 0 saturated carbocycles. The van der Waals surface area contributed by atoms with E-state index in [4.69, 9.17) is 5.11 Å². The first-order valence-electron chi connectivity index (χ1n) is 6.96. The molecule has 8 heteroatoms. The van der Waals surface area contributed by atoms with Crippen molar-refractivity contribution in [2.75, 3.05) is 0 Å². The fraction of sp³-hybridized carbons (Fsp3) is 0.250. The number of carboxylic acid groups (broad SMARTS) is 1. The number of carbonyl (C=O) groups excluding carboxylic acids is 1. The molecular weight excluding hydrogens is 343 g/mol. The molecule has 0 saturated heterocycles. The Morgan fingerprint density at radius 3 is 2.42 bits per heavy atom. The first-order valence-corrected chi connectivity index (χ1v) is 7.77. The van der Waals surface area contributed by atoms with Crippen LogP contribution < -0.4 is 5.32 Å². The Bertz CT molecular complexity index is 744. The van der Waals surface area contributed by atoms with E-state index in [0.717, 1.165) is 16.2 Å². The molecular formula is C16H14F3NO3S. The summed E-state index contributed by atoms with van der Waals surface area (Å²) in [6, 6.07) is 5.56. The summed E-state index contributed by atoms with van der Waals surface area (Å²) in [5, 5.41) is 11.0. The minimum atomic E-state index is -2.84. The number of aliphatic carboxylic acids is 1. The molecule has 128 valence electrons. The molecule has 0 fully saturated rings. The minimum Gasteiger partial charge on any atom is -0.480 e. The highest BCUT2D eigenvalue weighted by Crippen LogP contribution is 2.31. The summed E-state index contributed by atoms with van der Waals surface area (Å²) < 4.78 is 37.7. The molecule has 0 aliphatic carbocycles. The molecule has 0 aliphatic rings. The van der Waals surface area contributed by atoms with Gasteiger partial charge in [-0.3, -0.25) is 4.79 Å². The van der Waals surface area contributed by atoms with Crippen molar-refractivity contribution in [2.24, 2.45) is 0 Å². The number of amides is 1. The van der Waals surface area contributed by atoms with Crippen LogP contribution in [0.15, 0.2) is 30.3 Å². The zero-order valence-corrected chi connectivity index (χ0v) is 13.4. The molecule has 1 amide bonds. The van der Waals surface area contributed by atoms with Crippen LogP contribution in [0.5, 0.6) is 0 Å². The Labute approximate surface area is 139 Å². The van der Waals surface area contributed by atoms with E-state index in [0.29, 0.717) is 11.1 Å². The molecule has 1 atom stereocenters. The SMILES string of the molecule is Cc1sc(C(=O)NC(CC(F)F)C(=O)O)cc1-c1ccc(F)cc1. The second-order valence-electron chi connectivity index (χ2n) is 5.08. The zero-order chi connectivity index (χ0) is 17.9. The van der Waals surface area contributed by atoms with E-state index in [1.54, 1.807) is 19.1 Å². The molecule has 2 aromatic rings. The van der Waals surface area contributed by atoms with Gasteiger partial charge in [-0.15, -0.1) is 11.3 Å². The number of hydrogen-bond donors (Lipinski definition) is 2. The van der Waals surface area contributed by atoms with Crippen molar-refractivity contribution in [3.8, 4) is 11.1 Å². The van der Waals surface area contributed by atoms with Gasteiger partial charge in [-0.1, -0.05) is 12.1 Å². The first kappa shape index (κ1) is 18.0. The van der Waals surface area contributed by atoms with Crippen LogP contribution in [0.3, 0.4) is 0 Å². The zero-order valence-electron chi connectivity index (χ0n) is 12.6. The van der Waals surface area contributed by atoms with E-state index in [2.05, 4.69) is 5.32 Å². The quantitative estimate of drug-likeness (QED) is 0.828. The van der Waals surface area contributed by atoms with Crippen molar-refractivity contribution < 1.29 is 27.9 Å². The number of aryl methyl sites for hydroxylation is 1. The Balaban J connectivity index is 2.20. The summed E-state index contributed by atoms with van der Waals surface area (Å²) in [6.07, 6.45) is -3.80. The molecule has 2 N–H and O–H groups in total. The van der Waals surface area contributed by atoms with Gasteiger partial charge in [-0.2, -0.15) is 0 Å². The summed E-state index contributed by atoms with van der Waals surface area (Å²) in [7, 11) is 0. The number of carboxylic acids is 1. The smallest absolute Gasteiger partial charge is 0.326 e. The lowest BCUT2D eigenvalue weighted by molar-refractivity contribution is -0.140. The lowest BCUT2D eigenvalue weighted by Gasteiger charge is -2.13. The average molecular weight is 357 g/mol. The van der Waals surface area contributed by atoms with Crippen molar-refractivity contribution in [1.82, 2.24) is 5.32 Å². The average Bonchev–Trinajstić information content (AvgIpc) is 2.89. The largest absolute Gasteiger partial charge is 0.480 e. The second kappa shape index (κ2) is 7.48. The molecule has 1 heterocycles. The molecule has 0 aliphatic heterocycles. The maximum atomic E-state index is 13.0. The highest BCUT2D eigenvalue weighted by atomic mass is 32.1. The Hall–Kier alpha value is -2.35. The monoisotopic (exact) mass is 357 g/mol. The van der Waals surface area contributed by atoms with E-state index < -0.39 is 30.8 Å². The number of nitrogens with one attached hydrogen (secondary N) is 1. The third kappa shape index (κ3) is 4.35. The third-order valence-electron chi connectivity index (χ3n) is 3.31. The molecule has 1 unspecified atom stereocenters. The maximum Gasteiger partial charge on any atom is 0.326 e. The third-order valence-corrected chi connectivity index (χ3v) is 4.36. The number of alkyl halides is 2. The van der Waals surface area contributed by atoms with Gasteiger partial charge in [-0.05, 0) is 36.2 Å². The van der Waals surface area contributed by atoms with Gasteiger partial charge >= 0.3 is 5.97 Å². The number of thiophene rings is 1. The maximum absolute atomic E-state index is 13.0. The lowest BCUT2D eigenvalue weighted by Crippen LogP contribution is -2.41. The van der Waals surface area contributed by atoms with Crippen molar-refractivity contribution >= 4 is 23.2 Å². The van der Waals surface area contributed by atoms with Gasteiger partial charge in [0, 0.05) is 11.3 Å². The number of carbonyl (C=O) groups is 2. The standard InChI is InChI=1S/C16H14F3NO3S/c1-8-11(9-2-4-10(17)5-3-9)6-13(24-8)15(21)20-12(16(22)23)7-14(18)19/h2-6,12,14H,7H2,1H3,(H,20,21)(H,22,23). The van der Waals surface area contributed by atoms with Gasteiger partial charge in [0.25, 0.3) is 5.91 Å². The highest BCUT2D eigenvalue weighted by molar-refractivity contribution is 7.14. The molecule has 2 rings (SSSR count). The van der Waals surface area contributed by atoms with Gasteiger partial charge in [0.05, 0.1) is 4.88 Å². The van der Waals surface area contributed by atoms with Crippen molar-refractivity contribution in [3.63, 3.8) is 0 Å². The fourth-order valence-corrected chi connectivity index (χ4v) is 3.08. The summed E-state index contributed by atoms with van der Waals surface area (Å²) in [4.78, 5) is 24.0. The van der Waals surface area contributed by atoms with Gasteiger partial charge in [-0.25, -0.2) is 18.0 Å². The Kier molecular flexibility index (Phi) is 5.61. The Morgan fingerprint density at radius 2 is 1.88 bits per heavy atom. The number of hydrogen-bond acceptors (Lipinski definition) is 3. The number of halogens is 3. The molecule has 4 nitrogen and oxygen atoms in total. The van der Waals surface area contributed by atoms with E-state index >= 15 is 0 Å². The van der Waals surface area contributed by atoms with Gasteiger partial charge in [0.15, 0.2) is 0 Å². The predicted molar refractivity (Wildman–Crippen MR) is 84.0 cm³/mol. The molecule has 1 aromatic carbocycles. The predicted octanol–water partition coefficient (Wildman–Crippen LogP) is 3.70. The van der Waals surface area contributed by atoms with Crippen LogP contribution in [0.2, 0.25) is 0 Å². The van der Waals surface area contributed by atoms with Crippen LogP contribution in [0.1, 0.15) is 21.0 Å². The van der Waals surface area contributed by atoms with Crippen LogP contribution in [0, 0.1) is 12.7 Å². The van der Waals surface area contributed by atoms with Crippen LogP contribution in [-0.4, -0.2) is 29.5 Å². The van der Waals surface area contributed by atoms with Crippen LogP contribution >= 0.6 is 11.3 Å². The highest BCUT2D eigenvalue weighted by Gasteiger charge is 2.25. The molecule has 24 heavy (non-hydrogen) atoms. The minimum absolute atomic E-state index is 0.201.